The van der Waals surface area contributed by atoms with Crippen LogP contribution in [-0.2, 0) is 27.3 Å². The van der Waals surface area contributed by atoms with E-state index in [1.807, 2.05) is 84.9 Å². The minimum atomic E-state index is -3.84. The van der Waals surface area contributed by atoms with Crippen molar-refractivity contribution in [2.75, 3.05) is 6.54 Å². The molecule has 2 unspecified atom stereocenters. The first-order valence-corrected chi connectivity index (χ1v) is 16.7. The summed E-state index contributed by atoms with van der Waals surface area (Å²) in [5.41, 5.74) is 2.95. The summed E-state index contributed by atoms with van der Waals surface area (Å²) in [6.07, 6.45) is 9.09. The Bertz CT molecular complexity index is 1140. The van der Waals surface area contributed by atoms with E-state index < -0.39 is 16.1 Å². The molecule has 0 heterocycles. The number of nitrogens with one attached hydrogen (secondary N) is 1. The van der Waals surface area contributed by atoms with Gasteiger partial charge in [-0.2, -0.15) is 0 Å². The zero-order valence-electron chi connectivity index (χ0n) is 21.4. The number of halogens is 1. The van der Waals surface area contributed by atoms with Gasteiger partial charge in [-0.05, 0) is 49.9 Å². The Morgan fingerprint density at radius 2 is 1.43 bits per heavy atom. The van der Waals surface area contributed by atoms with Gasteiger partial charge in [-0.1, -0.05) is 122 Å². The van der Waals surface area contributed by atoms with Crippen molar-refractivity contribution in [1.29, 1.82) is 0 Å². The van der Waals surface area contributed by atoms with Crippen LogP contribution in [0.5, 0.6) is 0 Å². The van der Waals surface area contributed by atoms with E-state index in [0.29, 0.717) is 0 Å². The number of hydrogen-bond donors (Lipinski definition) is 1. The van der Waals surface area contributed by atoms with Crippen molar-refractivity contribution in [3.8, 4) is 0 Å². The van der Waals surface area contributed by atoms with Crippen molar-refractivity contribution in [2.24, 2.45) is 5.92 Å². The Hall–Kier alpha value is -1.56. The zero-order chi connectivity index (χ0) is 26.5. The minimum absolute atomic E-state index is 0.230. The molecule has 0 amide bonds. The van der Waals surface area contributed by atoms with Gasteiger partial charge >= 0.3 is 27.0 Å². The standard InChI is InChI=1S/C30H37N2O2S.ClH.Ru/c1-24-19-21-28(22-20-24)35(33,34)32-30(27-17-9-4-10-18-27)29(26-15-7-3-8-16-26)31-23-11-14-25-12-5-2-6-13-25;;/h3-4,7-10,15-22,25,29-31H,2,5-6,11-14,23H2,1H3;1H;/q-1;;+2/p-1. The van der Waals surface area contributed by atoms with Crippen molar-refractivity contribution in [2.45, 2.75) is 68.8 Å². The number of aryl methyl sites for hydroxylation is 1. The van der Waals surface area contributed by atoms with Crippen LogP contribution in [0.1, 0.15) is 73.7 Å². The molecule has 1 aliphatic rings. The molecule has 2 atom stereocenters. The van der Waals surface area contributed by atoms with Gasteiger partial charge in [0.05, 0.1) is 0 Å². The van der Waals surface area contributed by atoms with Crippen LogP contribution in [0.4, 0.5) is 0 Å². The van der Waals surface area contributed by atoms with Crippen molar-refractivity contribution in [1.82, 2.24) is 5.32 Å². The monoisotopic (exact) mass is 626 g/mol. The third-order valence-corrected chi connectivity index (χ3v) is 8.44. The molecule has 0 bridgehead atoms. The average molecular weight is 626 g/mol. The molecule has 0 aromatic heterocycles. The van der Waals surface area contributed by atoms with E-state index in [-0.39, 0.29) is 10.9 Å². The first-order valence-electron chi connectivity index (χ1n) is 13.0. The second kappa shape index (κ2) is 15.8. The number of benzene rings is 3. The van der Waals surface area contributed by atoms with Crippen LogP contribution in [0, 0.1) is 12.8 Å². The molecule has 1 saturated carbocycles. The van der Waals surface area contributed by atoms with Gasteiger partial charge in [0.2, 0.25) is 0 Å². The van der Waals surface area contributed by atoms with Crippen molar-refractivity contribution >= 4 is 19.7 Å². The summed E-state index contributed by atoms with van der Waals surface area (Å²) in [4.78, 5) is 0.230. The molecular formula is C30H37ClN2O2RuS. The van der Waals surface area contributed by atoms with Gasteiger partial charge in [0, 0.05) is 10.9 Å². The van der Waals surface area contributed by atoms with Crippen LogP contribution in [-0.4, -0.2) is 15.0 Å². The Labute approximate surface area is 237 Å². The molecule has 3 aromatic carbocycles. The molecule has 3 aromatic rings. The summed E-state index contributed by atoms with van der Waals surface area (Å²) < 4.78 is 31.3. The van der Waals surface area contributed by atoms with Crippen molar-refractivity contribution < 1.29 is 25.7 Å². The maximum absolute atomic E-state index is 13.4. The Morgan fingerprint density at radius 1 is 0.865 bits per heavy atom. The molecule has 4 nitrogen and oxygen atoms in total. The molecule has 37 heavy (non-hydrogen) atoms. The quantitative estimate of drug-likeness (QED) is 0.173. The average Bonchev–Trinajstić information content (AvgIpc) is 2.95. The molecule has 0 saturated heterocycles. The zero-order valence-corrected chi connectivity index (χ0v) is 24.7. The molecule has 4 rings (SSSR count). The van der Waals surface area contributed by atoms with Crippen molar-refractivity contribution in [3.05, 3.63) is 106 Å². The van der Waals surface area contributed by atoms with E-state index in [2.05, 4.69) is 31.9 Å². The van der Waals surface area contributed by atoms with E-state index in [1.54, 1.807) is 12.1 Å². The van der Waals surface area contributed by atoms with E-state index in [0.717, 1.165) is 35.6 Å². The summed E-state index contributed by atoms with van der Waals surface area (Å²) >= 11 is 1.82. The van der Waals surface area contributed by atoms with Crippen LogP contribution in [0.2, 0.25) is 0 Å². The molecular weight excluding hydrogens is 589 g/mol. The Balaban J connectivity index is 0.00000186. The van der Waals surface area contributed by atoms with Crippen LogP contribution in [0.15, 0.2) is 89.8 Å². The van der Waals surface area contributed by atoms with Gasteiger partial charge in [0.25, 0.3) is 0 Å². The summed E-state index contributed by atoms with van der Waals surface area (Å²) in [7, 11) is 0.729. The maximum atomic E-state index is 13.4. The summed E-state index contributed by atoms with van der Waals surface area (Å²) in [6, 6.07) is 26.0. The molecule has 0 radical (unpaired) electrons. The van der Waals surface area contributed by atoms with Crippen LogP contribution in [0.3, 0.4) is 0 Å². The molecule has 0 spiro atoms. The molecule has 200 valence electrons. The molecule has 1 fully saturated rings. The van der Waals surface area contributed by atoms with E-state index in [1.165, 1.54) is 38.5 Å². The van der Waals surface area contributed by atoms with Gasteiger partial charge in [0.1, 0.15) is 10.0 Å². The van der Waals surface area contributed by atoms with Gasteiger partial charge in [-0.3, -0.25) is 0 Å². The van der Waals surface area contributed by atoms with Gasteiger partial charge in [-0.25, -0.2) is 8.42 Å². The fourth-order valence-corrected chi connectivity index (χ4v) is 6.23. The number of hydrogen-bond acceptors (Lipinski definition) is 3. The predicted octanol–water partition coefficient (Wildman–Crippen LogP) is 8.18. The van der Waals surface area contributed by atoms with Crippen molar-refractivity contribution in [3.63, 3.8) is 0 Å². The fourth-order valence-electron chi connectivity index (χ4n) is 5.08. The summed E-state index contributed by atoms with van der Waals surface area (Å²) in [5, 5.41) is 3.70. The second-order valence-corrected chi connectivity index (χ2v) is 11.4. The van der Waals surface area contributed by atoms with Gasteiger partial charge in [0.15, 0.2) is 0 Å². The normalized spacial score (nSPS) is 15.9. The van der Waals surface area contributed by atoms with Gasteiger partial charge in [-0.15, -0.1) is 0 Å². The third-order valence-electron chi connectivity index (χ3n) is 7.06. The number of sulfonamides is 1. The summed E-state index contributed by atoms with van der Waals surface area (Å²) in [5.74, 6) is 0.831. The van der Waals surface area contributed by atoms with Crippen LogP contribution >= 0.6 is 9.69 Å². The molecule has 0 aliphatic heterocycles. The van der Waals surface area contributed by atoms with Crippen LogP contribution < -0.4 is 5.32 Å². The Kier molecular flexibility index (Phi) is 12.8. The first kappa shape index (κ1) is 30.0. The van der Waals surface area contributed by atoms with Gasteiger partial charge < -0.3 is 10.0 Å². The second-order valence-electron chi connectivity index (χ2n) is 9.74. The summed E-state index contributed by atoms with van der Waals surface area (Å²) in [6.45, 7) is 2.78. The molecule has 1 aliphatic carbocycles. The number of rotatable bonds is 11. The predicted molar refractivity (Wildman–Crippen MR) is 150 cm³/mol. The third kappa shape index (κ3) is 9.30. The van der Waals surface area contributed by atoms with E-state index >= 15 is 0 Å². The van der Waals surface area contributed by atoms with Crippen LogP contribution in [0.25, 0.3) is 4.72 Å². The topological polar surface area (TPSA) is 60.3 Å². The molecule has 7 heteroatoms. The fraction of sp³-hybridized carbons (Fsp3) is 0.400. The SMILES string of the molecule is Cc1ccc(S(=O)(=O)[N-]C(c2ccccc2)C(NCCCC2CCCCC2)c2ccccc2)cc1.[Cl][Ru+]. The Morgan fingerprint density at radius 3 is 2.03 bits per heavy atom. The number of nitrogens with zero attached hydrogens (tertiary/aromatic N) is 1. The van der Waals surface area contributed by atoms with E-state index in [4.69, 9.17) is 0 Å². The first-order chi connectivity index (χ1) is 18.0. The molecule has 1 N–H and O–H groups in total. The van der Waals surface area contributed by atoms with E-state index in [9.17, 15) is 8.42 Å².